The van der Waals surface area contributed by atoms with Gasteiger partial charge in [-0.3, -0.25) is 9.59 Å². The third kappa shape index (κ3) is 4.89. The second-order valence-electron chi connectivity index (χ2n) is 5.03. The number of hydrogen-bond donors (Lipinski definition) is 2. The molecule has 1 unspecified atom stereocenters. The molecule has 0 fully saturated rings. The van der Waals surface area contributed by atoms with Crippen molar-refractivity contribution in [3.05, 3.63) is 35.4 Å². The van der Waals surface area contributed by atoms with Crippen molar-refractivity contribution >= 4 is 23.6 Å². The average molecular weight is 295 g/mol. The van der Waals surface area contributed by atoms with E-state index in [2.05, 4.69) is 5.32 Å². The first-order valence-corrected chi connectivity index (χ1v) is 7.94. The number of benzene rings is 1. The first-order valence-electron chi connectivity index (χ1n) is 6.54. The highest BCUT2D eigenvalue weighted by Gasteiger charge is 2.22. The van der Waals surface area contributed by atoms with Crippen LogP contribution in [0, 0.1) is 11.8 Å². The molecular weight excluding hydrogens is 274 g/mol. The van der Waals surface area contributed by atoms with Crippen molar-refractivity contribution in [2.24, 2.45) is 11.8 Å². The van der Waals surface area contributed by atoms with Crippen molar-refractivity contribution in [3.8, 4) is 0 Å². The molecule has 0 bridgehead atoms. The number of hydrogen-bond acceptors (Lipinski definition) is 3. The van der Waals surface area contributed by atoms with E-state index in [4.69, 9.17) is 5.11 Å². The van der Waals surface area contributed by atoms with Crippen LogP contribution in [0.4, 0.5) is 0 Å². The fourth-order valence-electron chi connectivity index (χ4n) is 1.88. The number of carboxylic acid groups (broad SMARTS) is 1. The first-order chi connectivity index (χ1) is 9.45. The van der Waals surface area contributed by atoms with E-state index in [0.29, 0.717) is 5.56 Å². The SMILES string of the molecule is CSCc1cccc(C(=O)NCC(C(=O)O)C(C)C)c1. The molecule has 5 heteroatoms. The van der Waals surface area contributed by atoms with Crippen LogP contribution in [0.5, 0.6) is 0 Å². The maximum Gasteiger partial charge on any atom is 0.308 e. The lowest BCUT2D eigenvalue weighted by molar-refractivity contribution is -0.142. The van der Waals surface area contributed by atoms with Gasteiger partial charge in [-0.2, -0.15) is 11.8 Å². The molecule has 0 aliphatic carbocycles. The van der Waals surface area contributed by atoms with E-state index in [1.54, 1.807) is 17.8 Å². The molecule has 0 heterocycles. The first kappa shape index (κ1) is 16.6. The van der Waals surface area contributed by atoms with E-state index in [1.165, 1.54) is 0 Å². The molecule has 1 atom stereocenters. The number of thioether (sulfide) groups is 1. The Balaban J connectivity index is 2.66. The van der Waals surface area contributed by atoms with Crippen LogP contribution in [0.3, 0.4) is 0 Å². The number of amides is 1. The third-order valence-electron chi connectivity index (χ3n) is 3.10. The van der Waals surface area contributed by atoms with Crippen molar-refractivity contribution in [1.82, 2.24) is 5.32 Å². The van der Waals surface area contributed by atoms with Crippen molar-refractivity contribution in [2.45, 2.75) is 19.6 Å². The van der Waals surface area contributed by atoms with Gasteiger partial charge in [0, 0.05) is 17.9 Å². The Labute approximate surface area is 124 Å². The van der Waals surface area contributed by atoms with Gasteiger partial charge in [0.15, 0.2) is 0 Å². The molecule has 2 N–H and O–H groups in total. The topological polar surface area (TPSA) is 66.4 Å². The molecule has 1 rings (SSSR count). The number of aliphatic carboxylic acids is 1. The van der Waals surface area contributed by atoms with Gasteiger partial charge in [-0.25, -0.2) is 0 Å². The van der Waals surface area contributed by atoms with Crippen LogP contribution in [0.25, 0.3) is 0 Å². The number of rotatable bonds is 7. The van der Waals surface area contributed by atoms with Crippen LogP contribution in [0.15, 0.2) is 24.3 Å². The van der Waals surface area contributed by atoms with Gasteiger partial charge in [0.05, 0.1) is 5.92 Å². The van der Waals surface area contributed by atoms with Gasteiger partial charge in [0.1, 0.15) is 0 Å². The zero-order valence-electron chi connectivity index (χ0n) is 12.1. The Hall–Kier alpha value is -1.49. The molecule has 0 saturated carbocycles. The van der Waals surface area contributed by atoms with E-state index < -0.39 is 11.9 Å². The summed E-state index contributed by atoms with van der Waals surface area (Å²) in [6.07, 6.45) is 2.01. The summed E-state index contributed by atoms with van der Waals surface area (Å²) in [5.74, 6) is -0.828. The second kappa shape index (κ2) is 7.94. The fourth-order valence-corrected chi connectivity index (χ4v) is 2.39. The smallest absolute Gasteiger partial charge is 0.308 e. The number of carboxylic acids is 1. The quantitative estimate of drug-likeness (QED) is 0.811. The summed E-state index contributed by atoms with van der Waals surface area (Å²) in [5.41, 5.74) is 1.66. The molecular formula is C15H21NO3S. The second-order valence-corrected chi connectivity index (χ2v) is 5.90. The summed E-state index contributed by atoms with van der Waals surface area (Å²) in [6.45, 7) is 3.83. The molecule has 1 amide bonds. The van der Waals surface area contributed by atoms with Gasteiger partial charge < -0.3 is 10.4 Å². The molecule has 0 aliphatic rings. The van der Waals surface area contributed by atoms with Gasteiger partial charge in [0.2, 0.25) is 0 Å². The van der Waals surface area contributed by atoms with Gasteiger partial charge >= 0.3 is 5.97 Å². The van der Waals surface area contributed by atoms with E-state index in [1.807, 2.05) is 38.3 Å². The Morgan fingerprint density at radius 2 is 2.05 bits per heavy atom. The lowest BCUT2D eigenvalue weighted by Gasteiger charge is -2.16. The van der Waals surface area contributed by atoms with Crippen molar-refractivity contribution < 1.29 is 14.7 Å². The largest absolute Gasteiger partial charge is 0.481 e. The highest BCUT2D eigenvalue weighted by molar-refractivity contribution is 7.97. The lowest BCUT2D eigenvalue weighted by Crippen LogP contribution is -2.35. The summed E-state index contributed by atoms with van der Waals surface area (Å²) < 4.78 is 0. The molecule has 110 valence electrons. The molecule has 0 aromatic heterocycles. The minimum atomic E-state index is -0.878. The third-order valence-corrected chi connectivity index (χ3v) is 3.73. The average Bonchev–Trinajstić information content (AvgIpc) is 2.38. The van der Waals surface area contributed by atoms with Gasteiger partial charge in [-0.15, -0.1) is 0 Å². The molecule has 0 saturated heterocycles. The molecule has 0 aliphatic heterocycles. The molecule has 4 nitrogen and oxygen atoms in total. The summed E-state index contributed by atoms with van der Waals surface area (Å²) in [6, 6.07) is 7.40. The van der Waals surface area contributed by atoms with Gasteiger partial charge in [-0.1, -0.05) is 26.0 Å². The molecule has 1 aromatic carbocycles. The van der Waals surface area contributed by atoms with Crippen LogP contribution in [0.2, 0.25) is 0 Å². The number of carbonyl (C=O) groups excluding carboxylic acids is 1. The Morgan fingerprint density at radius 1 is 1.35 bits per heavy atom. The van der Waals surface area contributed by atoms with Crippen LogP contribution >= 0.6 is 11.8 Å². The molecule has 0 spiro atoms. The van der Waals surface area contributed by atoms with E-state index in [9.17, 15) is 9.59 Å². The van der Waals surface area contributed by atoms with Crippen LogP contribution < -0.4 is 5.32 Å². The van der Waals surface area contributed by atoms with E-state index >= 15 is 0 Å². The summed E-state index contributed by atoms with van der Waals surface area (Å²) in [7, 11) is 0. The predicted molar refractivity (Wildman–Crippen MR) is 82.0 cm³/mol. The zero-order chi connectivity index (χ0) is 15.1. The zero-order valence-corrected chi connectivity index (χ0v) is 12.9. The number of nitrogens with one attached hydrogen (secondary N) is 1. The lowest BCUT2D eigenvalue weighted by atomic mass is 9.96. The monoisotopic (exact) mass is 295 g/mol. The Bertz CT molecular complexity index is 474. The Morgan fingerprint density at radius 3 is 2.60 bits per heavy atom. The summed E-state index contributed by atoms with van der Waals surface area (Å²) in [5, 5.41) is 11.8. The van der Waals surface area contributed by atoms with Crippen molar-refractivity contribution in [2.75, 3.05) is 12.8 Å². The summed E-state index contributed by atoms with van der Waals surface area (Å²) >= 11 is 1.69. The van der Waals surface area contributed by atoms with Crippen molar-refractivity contribution in [1.29, 1.82) is 0 Å². The standard InChI is InChI=1S/C15H21NO3S/c1-10(2)13(15(18)19)8-16-14(17)12-6-4-5-11(7-12)9-20-3/h4-7,10,13H,8-9H2,1-3H3,(H,16,17)(H,18,19). The molecule has 1 aromatic rings. The minimum absolute atomic E-state index is 0.0179. The van der Waals surface area contributed by atoms with Gasteiger partial charge in [0.25, 0.3) is 5.91 Å². The summed E-state index contributed by atoms with van der Waals surface area (Å²) in [4.78, 5) is 23.1. The van der Waals surface area contributed by atoms with Crippen LogP contribution in [-0.2, 0) is 10.5 Å². The number of carbonyl (C=O) groups is 2. The molecule has 0 radical (unpaired) electrons. The minimum Gasteiger partial charge on any atom is -0.481 e. The van der Waals surface area contributed by atoms with Crippen LogP contribution in [0.1, 0.15) is 29.8 Å². The normalized spacial score (nSPS) is 12.2. The molecule has 20 heavy (non-hydrogen) atoms. The highest BCUT2D eigenvalue weighted by Crippen LogP contribution is 2.13. The Kier molecular flexibility index (Phi) is 6.58. The van der Waals surface area contributed by atoms with E-state index in [0.717, 1.165) is 11.3 Å². The maximum atomic E-state index is 12.0. The maximum absolute atomic E-state index is 12.0. The van der Waals surface area contributed by atoms with Crippen LogP contribution in [-0.4, -0.2) is 29.8 Å². The highest BCUT2D eigenvalue weighted by atomic mass is 32.2. The van der Waals surface area contributed by atoms with Crippen molar-refractivity contribution in [3.63, 3.8) is 0 Å². The predicted octanol–water partition coefficient (Wildman–Crippen LogP) is 2.64. The fraction of sp³-hybridized carbons (Fsp3) is 0.467. The van der Waals surface area contributed by atoms with E-state index in [-0.39, 0.29) is 18.4 Å². The van der Waals surface area contributed by atoms with Gasteiger partial charge in [-0.05, 0) is 29.9 Å².